The van der Waals surface area contributed by atoms with E-state index in [0.29, 0.717) is 28.7 Å². The van der Waals surface area contributed by atoms with Crippen molar-refractivity contribution in [3.63, 3.8) is 0 Å². The van der Waals surface area contributed by atoms with Gasteiger partial charge in [-0.05, 0) is 53.6 Å². The summed E-state index contributed by atoms with van der Waals surface area (Å²) in [5.41, 5.74) is 1.71. The van der Waals surface area contributed by atoms with E-state index in [1.807, 2.05) is 12.1 Å². The summed E-state index contributed by atoms with van der Waals surface area (Å²) in [4.78, 5) is 24.0. The molecule has 0 saturated heterocycles. The van der Waals surface area contributed by atoms with E-state index >= 15 is 0 Å². The van der Waals surface area contributed by atoms with Gasteiger partial charge in [0, 0.05) is 11.1 Å². The first-order chi connectivity index (χ1) is 15.9. The molecule has 3 rings (SSSR count). The van der Waals surface area contributed by atoms with Gasteiger partial charge in [0.05, 0.1) is 19.9 Å². The predicted molar refractivity (Wildman–Crippen MR) is 126 cm³/mol. The number of anilines is 1. The maximum atomic E-state index is 12.3. The minimum absolute atomic E-state index is 0.0433. The molecule has 0 atom stereocenters. The van der Waals surface area contributed by atoms with E-state index in [1.54, 1.807) is 36.4 Å². The Hall–Kier alpha value is -3.97. The smallest absolute Gasteiger partial charge is 0.341 e. The van der Waals surface area contributed by atoms with Gasteiger partial charge in [0.2, 0.25) is 5.91 Å². The van der Waals surface area contributed by atoms with Crippen LogP contribution < -0.4 is 14.8 Å². The van der Waals surface area contributed by atoms with E-state index in [0.717, 1.165) is 5.56 Å². The normalized spacial score (nSPS) is 10.6. The molecule has 33 heavy (non-hydrogen) atoms. The number of phenolic OH excluding ortho intramolecular Hbond substituents is 1. The van der Waals surface area contributed by atoms with Crippen LogP contribution in [0, 0.1) is 0 Å². The number of amides is 1. The van der Waals surface area contributed by atoms with Crippen LogP contribution in [-0.4, -0.2) is 31.2 Å². The third-order valence-electron chi connectivity index (χ3n) is 4.62. The molecule has 170 valence electrons. The summed E-state index contributed by atoms with van der Waals surface area (Å²) in [6, 6.07) is 17.0. The largest absolute Gasteiger partial charge is 0.505 e. The van der Waals surface area contributed by atoms with Gasteiger partial charge in [-0.1, -0.05) is 35.9 Å². The van der Waals surface area contributed by atoms with Gasteiger partial charge in [0.25, 0.3) is 0 Å². The molecule has 3 aromatic rings. The van der Waals surface area contributed by atoms with Gasteiger partial charge in [-0.3, -0.25) is 4.79 Å². The number of hydrogen-bond donors (Lipinski definition) is 2. The van der Waals surface area contributed by atoms with Crippen LogP contribution in [0.25, 0.3) is 6.08 Å². The van der Waals surface area contributed by atoms with Crippen molar-refractivity contribution in [1.29, 1.82) is 0 Å². The number of para-hydroxylation sites is 1. The summed E-state index contributed by atoms with van der Waals surface area (Å²) in [6.45, 7) is 0.346. The molecule has 8 heteroatoms. The lowest BCUT2D eigenvalue weighted by molar-refractivity contribution is -0.111. The third kappa shape index (κ3) is 6.27. The summed E-state index contributed by atoms with van der Waals surface area (Å²) >= 11 is 5.90. The van der Waals surface area contributed by atoms with E-state index in [9.17, 15) is 14.7 Å². The molecule has 0 bridgehead atoms. The number of carbonyl (C=O) groups excluding carboxylic acids is 2. The van der Waals surface area contributed by atoms with Crippen molar-refractivity contribution in [2.24, 2.45) is 0 Å². The Bertz CT molecular complexity index is 1170. The molecule has 0 aromatic heterocycles. The number of carbonyl (C=O) groups is 2. The third-order valence-corrected chi connectivity index (χ3v) is 4.87. The second-order valence-electron chi connectivity index (χ2n) is 6.84. The number of hydrogen-bond acceptors (Lipinski definition) is 6. The van der Waals surface area contributed by atoms with E-state index in [-0.39, 0.29) is 17.0 Å². The van der Waals surface area contributed by atoms with E-state index in [4.69, 9.17) is 21.1 Å². The fraction of sp³-hybridized carbons (Fsp3) is 0.120. The second-order valence-corrected chi connectivity index (χ2v) is 7.28. The highest BCUT2D eigenvalue weighted by molar-refractivity contribution is 6.30. The highest BCUT2D eigenvalue weighted by atomic mass is 35.5. The van der Waals surface area contributed by atoms with Gasteiger partial charge in [0.1, 0.15) is 12.2 Å². The van der Waals surface area contributed by atoms with E-state index in [2.05, 4.69) is 10.1 Å². The minimum atomic E-state index is -0.704. The van der Waals surface area contributed by atoms with Crippen molar-refractivity contribution in [1.82, 2.24) is 0 Å². The Morgan fingerprint density at radius 1 is 1.03 bits per heavy atom. The topological polar surface area (TPSA) is 94.1 Å². The molecule has 0 radical (unpaired) electrons. The van der Waals surface area contributed by atoms with Crippen LogP contribution in [0.4, 0.5) is 5.69 Å². The summed E-state index contributed by atoms with van der Waals surface area (Å²) < 4.78 is 15.8. The summed E-state index contributed by atoms with van der Waals surface area (Å²) in [5.74, 6) is -0.498. The summed E-state index contributed by atoms with van der Waals surface area (Å²) in [6.07, 6.45) is 2.88. The zero-order valence-corrected chi connectivity index (χ0v) is 18.8. The van der Waals surface area contributed by atoms with Gasteiger partial charge in [-0.15, -0.1) is 0 Å². The van der Waals surface area contributed by atoms with Crippen LogP contribution in [0.3, 0.4) is 0 Å². The monoisotopic (exact) mass is 467 g/mol. The van der Waals surface area contributed by atoms with Crippen LogP contribution in [-0.2, 0) is 16.1 Å². The van der Waals surface area contributed by atoms with Crippen molar-refractivity contribution in [2.75, 3.05) is 19.5 Å². The second kappa shape index (κ2) is 11.1. The molecule has 0 aliphatic heterocycles. The molecule has 7 nitrogen and oxygen atoms in total. The van der Waals surface area contributed by atoms with Crippen LogP contribution in [0.2, 0.25) is 5.02 Å². The van der Waals surface area contributed by atoms with Crippen molar-refractivity contribution >= 4 is 35.2 Å². The minimum Gasteiger partial charge on any atom is -0.505 e. The SMILES string of the molecule is COC(=O)c1cccc(NC(=O)/C=C/c2ccc(OCc3ccc(Cl)cc3)c(OC)c2)c1O. The molecule has 0 unspecified atom stereocenters. The zero-order valence-electron chi connectivity index (χ0n) is 18.0. The molecule has 0 heterocycles. The molecule has 1 amide bonds. The van der Waals surface area contributed by atoms with E-state index in [1.165, 1.54) is 38.5 Å². The number of phenols is 1. The molecule has 0 saturated carbocycles. The van der Waals surface area contributed by atoms with E-state index < -0.39 is 11.9 Å². The Kier molecular flexibility index (Phi) is 7.94. The lowest BCUT2D eigenvalue weighted by atomic mass is 10.1. The summed E-state index contributed by atoms with van der Waals surface area (Å²) in [5, 5.41) is 13.4. The quantitative estimate of drug-likeness (QED) is 0.273. The molecule has 0 aliphatic rings. The molecule has 0 aliphatic carbocycles. The van der Waals surface area contributed by atoms with Crippen molar-refractivity contribution in [3.8, 4) is 17.2 Å². The van der Waals surface area contributed by atoms with Gasteiger partial charge in [-0.2, -0.15) is 0 Å². The number of methoxy groups -OCH3 is 2. The number of benzene rings is 3. The number of esters is 1. The fourth-order valence-corrected chi connectivity index (χ4v) is 3.04. The van der Waals surface area contributed by atoms with Crippen LogP contribution in [0.5, 0.6) is 17.2 Å². The number of aromatic hydroxyl groups is 1. The van der Waals surface area contributed by atoms with Gasteiger partial charge in [-0.25, -0.2) is 4.79 Å². The van der Waals surface area contributed by atoms with Crippen LogP contribution in [0.15, 0.2) is 66.7 Å². The molecule has 2 N–H and O–H groups in total. The van der Waals surface area contributed by atoms with Gasteiger partial charge < -0.3 is 24.6 Å². The summed E-state index contributed by atoms with van der Waals surface area (Å²) in [7, 11) is 2.74. The maximum Gasteiger partial charge on any atom is 0.341 e. The predicted octanol–water partition coefficient (Wildman–Crippen LogP) is 5.07. The molecular weight excluding hydrogens is 446 g/mol. The fourth-order valence-electron chi connectivity index (χ4n) is 2.91. The maximum absolute atomic E-state index is 12.3. The lowest BCUT2D eigenvalue weighted by Gasteiger charge is -2.11. The molecule has 3 aromatic carbocycles. The Balaban J connectivity index is 1.66. The molecular formula is C25H22ClNO6. The number of rotatable bonds is 8. The zero-order chi connectivity index (χ0) is 23.8. The first-order valence-corrected chi connectivity index (χ1v) is 10.2. The van der Waals surface area contributed by atoms with Gasteiger partial charge in [0.15, 0.2) is 17.2 Å². The molecule has 0 fully saturated rings. The standard InChI is InChI=1S/C25H22ClNO6/c1-31-22-14-16(8-12-21(22)33-15-17-6-10-18(26)11-7-17)9-13-23(28)27-20-5-3-4-19(24(20)29)25(30)32-2/h3-14,29H,15H2,1-2H3,(H,27,28)/b13-9+. The number of ether oxygens (including phenoxy) is 3. The highest BCUT2D eigenvalue weighted by Crippen LogP contribution is 2.30. The average Bonchev–Trinajstić information content (AvgIpc) is 2.83. The lowest BCUT2D eigenvalue weighted by Crippen LogP contribution is -2.10. The highest BCUT2D eigenvalue weighted by Gasteiger charge is 2.15. The van der Waals surface area contributed by atoms with Crippen LogP contribution >= 0.6 is 11.6 Å². The number of nitrogens with one attached hydrogen (secondary N) is 1. The first kappa shape index (κ1) is 23.7. The Labute approximate surface area is 196 Å². The van der Waals surface area contributed by atoms with Crippen LogP contribution in [0.1, 0.15) is 21.5 Å². The average molecular weight is 468 g/mol. The first-order valence-electron chi connectivity index (χ1n) is 9.86. The number of halogens is 1. The van der Waals surface area contributed by atoms with Crippen molar-refractivity contribution < 1.29 is 28.9 Å². The van der Waals surface area contributed by atoms with Gasteiger partial charge >= 0.3 is 5.97 Å². The van der Waals surface area contributed by atoms with Crippen molar-refractivity contribution in [2.45, 2.75) is 6.61 Å². The molecule has 0 spiro atoms. The Morgan fingerprint density at radius 2 is 1.79 bits per heavy atom. The van der Waals surface area contributed by atoms with Crippen molar-refractivity contribution in [3.05, 3.63) is 88.5 Å². The Morgan fingerprint density at radius 3 is 2.48 bits per heavy atom.